The average Bonchev–Trinajstić information content (AvgIpc) is 2.99. The molecule has 36 heavy (non-hydrogen) atoms. The number of anilines is 1. The third-order valence-electron chi connectivity index (χ3n) is 5.40. The number of nitrogens with zero attached hydrogens (tertiary/aromatic N) is 1. The fourth-order valence-electron chi connectivity index (χ4n) is 3.51. The standard InChI is InChI=1S/C27H29N3O6/c1-3-35-24(31)12-8-7-11-20-13-14-23-22(17-20)30(2)27(34)21(18-36-23)29-26(33)25(32)28-16-15-19-9-5-4-6-10-19/h4-6,9-10,13-14,17,21H,3,8,12,15-16,18H2,1-2H3,(H,28,32)(H,29,33)/t21-/m0/s1. The molecule has 0 saturated heterocycles. The third-order valence-corrected chi connectivity index (χ3v) is 5.40. The van der Waals surface area contributed by atoms with Crippen LogP contribution in [0.2, 0.25) is 0 Å². The fraction of sp³-hybridized carbons (Fsp3) is 0.333. The van der Waals surface area contributed by atoms with Crippen LogP contribution in [0.5, 0.6) is 5.75 Å². The van der Waals surface area contributed by atoms with Crippen LogP contribution in [-0.4, -0.2) is 56.5 Å². The Morgan fingerprint density at radius 2 is 1.92 bits per heavy atom. The molecule has 9 heteroatoms. The molecular weight excluding hydrogens is 462 g/mol. The summed E-state index contributed by atoms with van der Waals surface area (Å²) in [5, 5.41) is 5.02. The predicted molar refractivity (Wildman–Crippen MR) is 133 cm³/mol. The van der Waals surface area contributed by atoms with Gasteiger partial charge in [0.05, 0.1) is 18.7 Å². The summed E-state index contributed by atoms with van der Waals surface area (Å²) >= 11 is 0. The second kappa shape index (κ2) is 13.0. The minimum absolute atomic E-state index is 0.121. The Morgan fingerprint density at radius 3 is 2.67 bits per heavy atom. The number of amides is 3. The van der Waals surface area contributed by atoms with Crippen LogP contribution in [0.15, 0.2) is 48.5 Å². The second-order valence-electron chi connectivity index (χ2n) is 8.02. The number of hydrogen-bond donors (Lipinski definition) is 2. The number of carbonyl (C=O) groups excluding carboxylic acids is 4. The van der Waals surface area contributed by atoms with Gasteiger partial charge in [0.25, 0.3) is 5.91 Å². The smallest absolute Gasteiger partial charge is 0.310 e. The molecule has 0 aliphatic carbocycles. The molecule has 2 aromatic rings. The topological polar surface area (TPSA) is 114 Å². The van der Waals surface area contributed by atoms with Crippen LogP contribution in [0.4, 0.5) is 5.69 Å². The van der Waals surface area contributed by atoms with Crippen molar-refractivity contribution in [2.45, 2.75) is 32.2 Å². The summed E-state index contributed by atoms with van der Waals surface area (Å²) < 4.78 is 10.6. The molecule has 0 aromatic heterocycles. The highest BCUT2D eigenvalue weighted by Gasteiger charge is 2.32. The molecule has 0 radical (unpaired) electrons. The predicted octanol–water partition coefficient (Wildman–Crippen LogP) is 1.58. The van der Waals surface area contributed by atoms with Gasteiger partial charge in [0.2, 0.25) is 0 Å². The van der Waals surface area contributed by atoms with Gasteiger partial charge in [0.15, 0.2) is 0 Å². The molecule has 2 N–H and O–H groups in total. The highest BCUT2D eigenvalue weighted by Crippen LogP contribution is 2.31. The van der Waals surface area contributed by atoms with Gasteiger partial charge in [-0.05, 0) is 37.1 Å². The Balaban J connectivity index is 1.56. The van der Waals surface area contributed by atoms with E-state index in [-0.39, 0.29) is 19.0 Å². The first-order valence-electron chi connectivity index (χ1n) is 11.7. The van der Waals surface area contributed by atoms with E-state index in [1.165, 1.54) is 4.90 Å². The largest absolute Gasteiger partial charge is 0.489 e. The molecule has 9 nitrogen and oxygen atoms in total. The molecule has 0 fully saturated rings. The maximum atomic E-state index is 13.0. The fourth-order valence-corrected chi connectivity index (χ4v) is 3.51. The van der Waals surface area contributed by atoms with Crippen molar-refractivity contribution < 1.29 is 28.7 Å². The number of carbonyl (C=O) groups is 4. The third kappa shape index (κ3) is 7.34. The number of hydrogen-bond acceptors (Lipinski definition) is 6. The summed E-state index contributed by atoms with van der Waals surface area (Å²) in [5.74, 6) is 3.89. The van der Waals surface area contributed by atoms with E-state index in [0.717, 1.165) is 5.56 Å². The molecule has 0 saturated carbocycles. The summed E-state index contributed by atoms with van der Waals surface area (Å²) in [6.45, 7) is 2.25. The van der Waals surface area contributed by atoms with Crippen LogP contribution < -0.4 is 20.3 Å². The Labute approximate surface area is 210 Å². The Kier molecular flexibility index (Phi) is 9.46. The van der Waals surface area contributed by atoms with Crippen molar-refractivity contribution in [2.75, 3.05) is 31.7 Å². The molecule has 188 valence electrons. The molecule has 1 atom stereocenters. The number of fused-ring (bicyclic) bond motifs is 1. The van der Waals surface area contributed by atoms with Gasteiger partial charge in [0.1, 0.15) is 18.4 Å². The molecule has 2 aromatic carbocycles. The van der Waals surface area contributed by atoms with Crippen molar-refractivity contribution in [1.29, 1.82) is 0 Å². The first-order valence-corrected chi connectivity index (χ1v) is 11.7. The molecule has 3 rings (SSSR count). The Morgan fingerprint density at radius 1 is 1.14 bits per heavy atom. The monoisotopic (exact) mass is 491 g/mol. The van der Waals surface area contributed by atoms with Crippen molar-refractivity contribution in [3.05, 3.63) is 59.7 Å². The van der Waals surface area contributed by atoms with E-state index < -0.39 is 23.8 Å². The van der Waals surface area contributed by atoms with Crippen LogP contribution in [0.3, 0.4) is 0 Å². The van der Waals surface area contributed by atoms with Gasteiger partial charge in [-0.2, -0.15) is 0 Å². The molecule has 1 aliphatic rings. The van der Waals surface area contributed by atoms with E-state index in [2.05, 4.69) is 22.5 Å². The van der Waals surface area contributed by atoms with Gasteiger partial charge >= 0.3 is 17.8 Å². The Hall–Kier alpha value is -4.32. The summed E-state index contributed by atoms with van der Waals surface area (Å²) in [6, 6.07) is 13.7. The van der Waals surface area contributed by atoms with Crippen molar-refractivity contribution in [3.8, 4) is 17.6 Å². The molecule has 1 aliphatic heterocycles. The van der Waals surface area contributed by atoms with E-state index in [0.29, 0.717) is 43.0 Å². The number of nitrogens with one attached hydrogen (secondary N) is 2. The lowest BCUT2D eigenvalue weighted by molar-refractivity contribution is -0.143. The van der Waals surface area contributed by atoms with Crippen molar-refractivity contribution in [2.24, 2.45) is 0 Å². The van der Waals surface area contributed by atoms with Gasteiger partial charge in [-0.15, -0.1) is 0 Å². The van der Waals surface area contributed by atoms with Gasteiger partial charge in [-0.25, -0.2) is 0 Å². The van der Waals surface area contributed by atoms with Gasteiger partial charge in [-0.1, -0.05) is 42.2 Å². The minimum Gasteiger partial charge on any atom is -0.489 e. The molecule has 1 heterocycles. The van der Waals surface area contributed by atoms with Crippen LogP contribution in [0.25, 0.3) is 0 Å². The van der Waals surface area contributed by atoms with Crippen molar-refractivity contribution in [1.82, 2.24) is 10.6 Å². The average molecular weight is 492 g/mol. The Bertz CT molecular complexity index is 1170. The number of rotatable bonds is 7. The molecular formula is C27H29N3O6. The minimum atomic E-state index is -1.03. The molecule has 0 spiro atoms. The first-order chi connectivity index (χ1) is 17.4. The zero-order valence-corrected chi connectivity index (χ0v) is 20.3. The lowest BCUT2D eigenvalue weighted by Crippen LogP contribution is -2.53. The highest BCUT2D eigenvalue weighted by atomic mass is 16.5. The number of likely N-dealkylation sites (N-methyl/N-ethyl adjacent to an activating group) is 1. The van der Waals surface area contributed by atoms with Crippen LogP contribution in [-0.2, 0) is 30.3 Å². The number of benzene rings is 2. The maximum Gasteiger partial charge on any atom is 0.310 e. The van der Waals surface area contributed by atoms with E-state index in [1.807, 2.05) is 30.3 Å². The van der Waals surface area contributed by atoms with Gasteiger partial charge in [0, 0.05) is 25.6 Å². The molecule has 0 unspecified atom stereocenters. The van der Waals surface area contributed by atoms with E-state index in [1.54, 1.807) is 32.2 Å². The van der Waals surface area contributed by atoms with E-state index in [9.17, 15) is 19.2 Å². The van der Waals surface area contributed by atoms with Crippen LogP contribution in [0.1, 0.15) is 30.9 Å². The normalized spacial score (nSPS) is 14.3. The summed E-state index contributed by atoms with van der Waals surface area (Å²) in [5.41, 5.74) is 2.16. The lowest BCUT2D eigenvalue weighted by Gasteiger charge is -2.20. The second-order valence-corrected chi connectivity index (χ2v) is 8.02. The zero-order chi connectivity index (χ0) is 25.9. The van der Waals surface area contributed by atoms with Crippen LogP contribution >= 0.6 is 0 Å². The van der Waals surface area contributed by atoms with Crippen LogP contribution in [0, 0.1) is 11.8 Å². The summed E-state index contributed by atoms with van der Waals surface area (Å²) in [6.07, 6.45) is 1.13. The lowest BCUT2D eigenvalue weighted by atomic mass is 10.1. The van der Waals surface area contributed by atoms with Gasteiger partial charge < -0.3 is 25.0 Å². The zero-order valence-electron chi connectivity index (χ0n) is 20.3. The summed E-state index contributed by atoms with van der Waals surface area (Å²) in [7, 11) is 1.56. The first kappa shape index (κ1) is 26.3. The maximum absolute atomic E-state index is 13.0. The number of ether oxygens (including phenoxy) is 2. The quantitative estimate of drug-likeness (QED) is 0.345. The van der Waals surface area contributed by atoms with E-state index >= 15 is 0 Å². The SMILES string of the molecule is CCOC(=O)CCC#Cc1ccc2c(c1)N(C)C(=O)[C@@H](NC(=O)C(=O)NCCc1ccccc1)CO2. The highest BCUT2D eigenvalue weighted by molar-refractivity contribution is 6.35. The van der Waals surface area contributed by atoms with Crippen molar-refractivity contribution in [3.63, 3.8) is 0 Å². The molecule has 0 bridgehead atoms. The van der Waals surface area contributed by atoms with Crippen molar-refractivity contribution >= 4 is 29.4 Å². The molecule has 3 amide bonds. The summed E-state index contributed by atoms with van der Waals surface area (Å²) in [4.78, 5) is 50.4. The number of esters is 1. The van der Waals surface area contributed by atoms with E-state index in [4.69, 9.17) is 9.47 Å². The van der Waals surface area contributed by atoms with Gasteiger partial charge in [-0.3, -0.25) is 19.2 Å².